The van der Waals surface area contributed by atoms with E-state index >= 15 is 0 Å². The van der Waals surface area contributed by atoms with Crippen molar-refractivity contribution in [2.75, 3.05) is 29.9 Å². The molecule has 2 N–H and O–H groups in total. The molecule has 5 rings (SSSR count). The summed E-state index contributed by atoms with van der Waals surface area (Å²) in [7, 11) is 0. The van der Waals surface area contributed by atoms with Crippen molar-refractivity contribution in [2.24, 2.45) is 5.92 Å². The summed E-state index contributed by atoms with van der Waals surface area (Å²) in [6.07, 6.45) is 6.45. The number of aromatic nitrogens is 1. The van der Waals surface area contributed by atoms with Crippen LogP contribution < -0.4 is 15.5 Å². The van der Waals surface area contributed by atoms with E-state index in [4.69, 9.17) is 0 Å². The van der Waals surface area contributed by atoms with Gasteiger partial charge in [-0.25, -0.2) is 4.98 Å². The van der Waals surface area contributed by atoms with Crippen LogP contribution >= 0.6 is 0 Å². The number of aryl methyl sites for hydroxylation is 1. The molecule has 0 radical (unpaired) electrons. The lowest BCUT2D eigenvalue weighted by molar-refractivity contribution is 0.0951. The molecule has 1 aromatic heterocycles. The summed E-state index contributed by atoms with van der Waals surface area (Å²) >= 11 is 0. The molecule has 2 amide bonds. The lowest BCUT2D eigenvalue weighted by atomic mass is 9.98. The molecule has 0 atom stereocenters. The molecule has 1 saturated carbocycles. The number of nitrogens with one attached hydrogen (secondary N) is 2. The van der Waals surface area contributed by atoms with Gasteiger partial charge in [-0.3, -0.25) is 9.59 Å². The molecule has 1 aliphatic carbocycles. The van der Waals surface area contributed by atoms with Gasteiger partial charge in [-0.05, 0) is 91.6 Å². The third-order valence-corrected chi connectivity index (χ3v) is 6.64. The van der Waals surface area contributed by atoms with Gasteiger partial charge in [0.15, 0.2) is 0 Å². The number of hydrogen-bond acceptors (Lipinski definition) is 4. The average Bonchev–Trinajstić information content (AvgIpc) is 3.54. The molecule has 34 heavy (non-hydrogen) atoms. The lowest BCUT2D eigenvalue weighted by Crippen LogP contribution is -2.25. The van der Waals surface area contributed by atoms with Gasteiger partial charge < -0.3 is 15.5 Å². The normalized spacial score (nSPS) is 15.3. The molecular formula is C28H30N4O2. The SMILES string of the molecule is Cc1ccc(NC(=O)c2ccnc(N3CCCC3)c2)cc1-c1ccc(C(=O)NCC2CC2)cc1. The maximum atomic E-state index is 12.9. The van der Waals surface area contributed by atoms with E-state index in [1.54, 1.807) is 12.3 Å². The second kappa shape index (κ2) is 9.67. The predicted octanol–water partition coefficient (Wildman–Crippen LogP) is 5.05. The highest BCUT2D eigenvalue weighted by molar-refractivity contribution is 6.05. The Bertz CT molecular complexity index is 1200. The van der Waals surface area contributed by atoms with Crippen LogP contribution in [0.4, 0.5) is 11.5 Å². The molecule has 0 unspecified atom stereocenters. The van der Waals surface area contributed by atoms with Crippen LogP contribution in [-0.2, 0) is 0 Å². The summed E-state index contributed by atoms with van der Waals surface area (Å²) < 4.78 is 0. The van der Waals surface area contributed by atoms with Crippen LogP contribution in [0.3, 0.4) is 0 Å². The van der Waals surface area contributed by atoms with Crippen molar-refractivity contribution >= 4 is 23.3 Å². The van der Waals surface area contributed by atoms with E-state index in [1.807, 2.05) is 55.5 Å². The van der Waals surface area contributed by atoms with Gasteiger partial charge in [0, 0.05) is 42.6 Å². The number of benzene rings is 2. The smallest absolute Gasteiger partial charge is 0.255 e. The van der Waals surface area contributed by atoms with Gasteiger partial charge in [-0.2, -0.15) is 0 Å². The number of carbonyl (C=O) groups is 2. The number of hydrogen-bond donors (Lipinski definition) is 2. The predicted molar refractivity (Wildman–Crippen MR) is 135 cm³/mol. The van der Waals surface area contributed by atoms with Crippen molar-refractivity contribution in [2.45, 2.75) is 32.6 Å². The van der Waals surface area contributed by atoms with E-state index in [-0.39, 0.29) is 11.8 Å². The molecule has 2 heterocycles. The van der Waals surface area contributed by atoms with Crippen molar-refractivity contribution in [3.05, 3.63) is 77.5 Å². The molecule has 2 fully saturated rings. The van der Waals surface area contributed by atoms with E-state index in [1.165, 1.54) is 12.8 Å². The Hall–Kier alpha value is -3.67. The Labute approximate surface area is 200 Å². The van der Waals surface area contributed by atoms with Gasteiger partial charge in [0.1, 0.15) is 5.82 Å². The zero-order valence-corrected chi connectivity index (χ0v) is 19.5. The summed E-state index contributed by atoms with van der Waals surface area (Å²) in [5.41, 5.74) is 5.13. The molecule has 6 heteroatoms. The standard InChI is InChI=1S/C28H30N4O2/c1-19-4-11-24(31-28(34)23-12-13-29-26(16-23)32-14-2-3-15-32)17-25(19)21-7-9-22(10-8-21)27(33)30-18-20-5-6-20/h4,7-13,16-17,20H,2-3,5-6,14-15,18H2,1H3,(H,30,33)(H,31,34). The Morgan fingerprint density at radius 1 is 0.941 bits per heavy atom. The lowest BCUT2D eigenvalue weighted by Gasteiger charge is -2.17. The first-order valence-electron chi connectivity index (χ1n) is 12.1. The number of nitrogens with zero attached hydrogens (tertiary/aromatic N) is 2. The van der Waals surface area contributed by atoms with E-state index in [0.29, 0.717) is 17.0 Å². The van der Waals surface area contributed by atoms with Gasteiger partial charge in [-0.15, -0.1) is 0 Å². The Morgan fingerprint density at radius 3 is 2.44 bits per heavy atom. The highest BCUT2D eigenvalue weighted by atomic mass is 16.2. The van der Waals surface area contributed by atoms with Crippen LogP contribution in [0.5, 0.6) is 0 Å². The van der Waals surface area contributed by atoms with Crippen molar-refractivity contribution in [1.29, 1.82) is 0 Å². The van der Waals surface area contributed by atoms with Crippen LogP contribution in [0, 0.1) is 12.8 Å². The van der Waals surface area contributed by atoms with Crippen LogP contribution in [-0.4, -0.2) is 36.4 Å². The Morgan fingerprint density at radius 2 is 1.71 bits per heavy atom. The first kappa shape index (κ1) is 22.1. The minimum atomic E-state index is -0.152. The van der Waals surface area contributed by atoms with E-state index in [2.05, 4.69) is 20.5 Å². The van der Waals surface area contributed by atoms with Gasteiger partial charge in [-0.1, -0.05) is 18.2 Å². The highest BCUT2D eigenvalue weighted by Crippen LogP contribution is 2.29. The largest absolute Gasteiger partial charge is 0.357 e. The summed E-state index contributed by atoms with van der Waals surface area (Å²) in [4.78, 5) is 31.9. The number of rotatable bonds is 7. The maximum absolute atomic E-state index is 12.9. The number of pyridine rings is 1. The highest BCUT2D eigenvalue weighted by Gasteiger charge is 2.22. The van der Waals surface area contributed by atoms with E-state index in [9.17, 15) is 9.59 Å². The molecule has 0 spiro atoms. The monoisotopic (exact) mass is 454 g/mol. The number of amides is 2. The molecule has 2 aliphatic rings. The Kier molecular flexibility index (Phi) is 6.30. The second-order valence-corrected chi connectivity index (χ2v) is 9.31. The van der Waals surface area contributed by atoms with E-state index < -0.39 is 0 Å². The third-order valence-electron chi connectivity index (χ3n) is 6.64. The fourth-order valence-corrected chi connectivity index (χ4v) is 4.36. The summed E-state index contributed by atoms with van der Waals surface area (Å²) in [5.74, 6) is 1.33. The van der Waals surface area contributed by atoms with E-state index in [0.717, 1.165) is 60.7 Å². The van der Waals surface area contributed by atoms with Gasteiger partial charge in [0.2, 0.25) is 0 Å². The zero-order valence-electron chi connectivity index (χ0n) is 19.5. The van der Waals surface area contributed by atoms with Crippen LogP contribution in [0.15, 0.2) is 60.8 Å². The quantitative estimate of drug-likeness (QED) is 0.524. The van der Waals surface area contributed by atoms with Crippen LogP contribution in [0.2, 0.25) is 0 Å². The fourth-order valence-electron chi connectivity index (χ4n) is 4.36. The molecule has 174 valence electrons. The minimum Gasteiger partial charge on any atom is -0.357 e. The van der Waals surface area contributed by atoms with Gasteiger partial charge in [0.25, 0.3) is 11.8 Å². The molecular weight excluding hydrogens is 424 g/mol. The Balaban J connectivity index is 1.29. The summed E-state index contributed by atoms with van der Waals surface area (Å²) in [5, 5.41) is 6.03. The van der Waals surface area contributed by atoms with Crippen molar-refractivity contribution in [1.82, 2.24) is 10.3 Å². The maximum Gasteiger partial charge on any atom is 0.255 e. The molecule has 0 bridgehead atoms. The zero-order chi connectivity index (χ0) is 23.5. The second-order valence-electron chi connectivity index (χ2n) is 9.31. The van der Waals surface area contributed by atoms with Crippen molar-refractivity contribution in [3.8, 4) is 11.1 Å². The van der Waals surface area contributed by atoms with Crippen molar-refractivity contribution < 1.29 is 9.59 Å². The molecule has 2 aromatic carbocycles. The summed E-state index contributed by atoms with van der Waals surface area (Å²) in [6, 6.07) is 17.2. The first-order valence-corrected chi connectivity index (χ1v) is 12.1. The van der Waals surface area contributed by atoms with Crippen molar-refractivity contribution in [3.63, 3.8) is 0 Å². The summed E-state index contributed by atoms with van der Waals surface area (Å²) in [6.45, 7) is 4.78. The van der Waals surface area contributed by atoms with Gasteiger partial charge in [0.05, 0.1) is 0 Å². The third kappa shape index (κ3) is 5.11. The molecule has 3 aromatic rings. The fraction of sp³-hybridized carbons (Fsp3) is 0.321. The number of carbonyl (C=O) groups excluding carboxylic acids is 2. The topological polar surface area (TPSA) is 74.3 Å². The van der Waals surface area contributed by atoms with Crippen LogP contribution in [0.25, 0.3) is 11.1 Å². The average molecular weight is 455 g/mol. The van der Waals surface area contributed by atoms with Crippen LogP contribution in [0.1, 0.15) is 52.0 Å². The minimum absolute atomic E-state index is 0.0261. The molecule has 1 saturated heterocycles. The molecule has 1 aliphatic heterocycles. The van der Waals surface area contributed by atoms with Gasteiger partial charge >= 0.3 is 0 Å². The molecule has 6 nitrogen and oxygen atoms in total. The first-order chi connectivity index (χ1) is 16.6. The number of anilines is 2.